The summed E-state index contributed by atoms with van der Waals surface area (Å²) in [6.07, 6.45) is 0. The Morgan fingerprint density at radius 2 is 1.72 bits per heavy atom. The molecule has 0 atom stereocenters. The number of hydrogen-bond acceptors (Lipinski definition) is 5. The summed E-state index contributed by atoms with van der Waals surface area (Å²) in [5.74, 6) is 1.67. The largest absolute Gasteiger partial charge is 0.339 e. The third-order valence-electron chi connectivity index (χ3n) is 5.10. The van der Waals surface area contributed by atoms with Crippen LogP contribution in [-0.2, 0) is 17.1 Å². The van der Waals surface area contributed by atoms with Gasteiger partial charge in [-0.05, 0) is 17.7 Å². The fraction of sp³-hybridized carbons (Fsp3) is 0.318. The van der Waals surface area contributed by atoms with Crippen molar-refractivity contribution in [2.45, 2.75) is 12.3 Å². The van der Waals surface area contributed by atoms with E-state index in [2.05, 4.69) is 39.1 Å². The summed E-state index contributed by atoms with van der Waals surface area (Å²) >= 11 is 1.49. The van der Waals surface area contributed by atoms with E-state index in [1.54, 1.807) is 6.07 Å². The smallest absolute Gasteiger partial charge is 0.258 e. The monoisotopic (exact) mass is 408 g/mol. The molecule has 29 heavy (non-hydrogen) atoms. The lowest BCUT2D eigenvalue weighted by Gasteiger charge is -2.34. The van der Waals surface area contributed by atoms with Gasteiger partial charge in [-0.1, -0.05) is 42.5 Å². The van der Waals surface area contributed by atoms with Crippen molar-refractivity contribution >= 4 is 28.6 Å². The van der Waals surface area contributed by atoms with Gasteiger partial charge in [-0.3, -0.25) is 14.5 Å². The number of aromatic nitrogens is 2. The molecule has 6 nitrogen and oxygen atoms in total. The van der Waals surface area contributed by atoms with E-state index in [4.69, 9.17) is 0 Å². The first kappa shape index (κ1) is 19.7. The summed E-state index contributed by atoms with van der Waals surface area (Å²) in [5.41, 5.74) is 1.86. The lowest BCUT2D eigenvalue weighted by Crippen LogP contribution is -2.48. The number of amides is 1. The van der Waals surface area contributed by atoms with Crippen LogP contribution in [0.3, 0.4) is 0 Å². The molecule has 2 aromatic carbocycles. The van der Waals surface area contributed by atoms with Gasteiger partial charge >= 0.3 is 0 Å². The quantitative estimate of drug-likeness (QED) is 0.679. The van der Waals surface area contributed by atoms with Crippen LogP contribution in [-0.4, -0.2) is 57.6 Å². The number of fused-ring (bicyclic) bond motifs is 1. The minimum atomic E-state index is -0.132. The number of thioether (sulfide) groups is 1. The summed E-state index contributed by atoms with van der Waals surface area (Å²) < 4.78 is 0. The van der Waals surface area contributed by atoms with E-state index in [1.165, 1.54) is 17.3 Å². The Labute approximate surface area is 173 Å². The van der Waals surface area contributed by atoms with Crippen LogP contribution in [0.4, 0.5) is 0 Å². The van der Waals surface area contributed by atoms with Crippen molar-refractivity contribution in [2.24, 2.45) is 0 Å². The number of benzene rings is 2. The molecule has 150 valence electrons. The van der Waals surface area contributed by atoms with Gasteiger partial charge in [0, 0.05) is 32.7 Å². The van der Waals surface area contributed by atoms with Crippen LogP contribution in [0, 0.1) is 0 Å². The number of hydrogen-bond donors (Lipinski definition) is 1. The maximum absolute atomic E-state index is 12.5. The normalized spacial score (nSPS) is 15.0. The first-order chi connectivity index (χ1) is 14.2. The summed E-state index contributed by atoms with van der Waals surface area (Å²) in [7, 11) is 0. The zero-order chi connectivity index (χ0) is 20.1. The topological polar surface area (TPSA) is 69.3 Å². The van der Waals surface area contributed by atoms with E-state index in [1.807, 2.05) is 29.2 Å². The number of carbonyl (C=O) groups is 1. The first-order valence-electron chi connectivity index (χ1n) is 9.79. The van der Waals surface area contributed by atoms with Crippen LogP contribution < -0.4 is 5.56 Å². The molecule has 0 bridgehead atoms. The first-order valence-corrected chi connectivity index (χ1v) is 10.9. The molecule has 2 heterocycles. The SMILES string of the molecule is O=C(CSCc1nc2ccccc2c(=O)[nH]1)N1CCN(Cc2ccccc2)CC1. The zero-order valence-corrected chi connectivity index (χ0v) is 17.0. The van der Waals surface area contributed by atoms with Crippen molar-refractivity contribution in [1.29, 1.82) is 0 Å². The van der Waals surface area contributed by atoms with E-state index in [0.29, 0.717) is 28.2 Å². The molecule has 0 spiro atoms. The predicted molar refractivity (Wildman–Crippen MR) is 117 cm³/mol. The molecule has 3 aromatic rings. The van der Waals surface area contributed by atoms with Gasteiger partial charge < -0.3 is 9.88 Å². The number of nitrogens with zero attached hydrogens (tertiary/aromatic N) is 3. The number of rotatable bonds is 6. The highest BCUT2D eigenvalue weighted by atomic mass is 32.2. The molecule has 0 unspecified atom stereocenters. The van der Waals surface area contributed by atoms with Crippen LogP contribution in [0.15, 0.2) is 59.4 Å². The second-order valence-electron chi connectivity index (χ2n) is 7.17. The predicted octanol–water partition coefficient (Wildman–Crippen LogP) is 2.50. The van der Waals surface area contributed by atoms with Crippen molar-refractivity contribution in [3.63, 3.8) is 0 Å². The molecule has 1 aromatic heterocycles. The van der Waals surface area contributed by atoms with Gasteiger partial charge in [0.2, 0.25) is 5.91 Å². The van der Waals surface area contributed by atoms with Crippen LogP contribution >= 0.6 is 11.8 Å². The molecular formula is C22H24N4O2S. The van der Waals surface area contributed by atoms with Gasteiger partial charge in [-0.15, -0.1) is 11.8 Å². The van der Waals surface area contributed by atoms with Crippen molar-refractivity contribution in [3.05, 3.63) is 76.3 Å². The third kappa shape index (κ3) is 5.05. The molecule has 0 radical (unpaired) electrons. The number of para-hydroxylation sites is 1. The van der Waals surface area contributed by atoms with Crippen LogP contribution in [0.5, 0.6) is 0 Å². The lowest BCUT2D eigenvalue weighted by molar-refractivity contribution is -0.130. The molecule has 1 aliphatic heterocycles. The molecule has 7 heteroatoms. The molecule has 1 N–H and O–H groups in total. The minimum absolute atomic E-state index is 0.132. The Bertz CT molecular complexity index is 1030. The van der Waals surface area contributed by atoms with E-state index in [0.717, 1.165) is 32.7 Å². The molecule has 1 saturated heterocycles. The standard InChI is InChI=1S/C22H24N4O2S/c27-21(26-12-10-25(11-13-26)14-17-6-2-1-3-7-17)16-29-15-20-23-19-9-5-4-8-18(19)22(28)24-20/h1-9H,10-16H2,(H,23,24,28). The van der Waals surface area contributed by atoms with E-state index >= 15 is 0 Å². The molecule has 1 amide bonds. The maximum Gasteiger partial charge on any atom is 0.258 e. The Hall–Kier alpha value is -2.64. The fourth-order valence-corrected chi connectivity index (χ4v) is 4.32. The van der Waals surface area contributed by atoms with Gasteiger partial charge in [0.1, 0.15) is 5.82 Å². The number of carbonyl (C=O) groups excluding carboxylic acids is 1. The van der Waals surface area contributed by atoms with E-state index < -0.39 is 0 Å². The summed E-state index contributed by atoms with van der Waals surface area (Å²) in [5, 5.41) is 0.589. The number of piperazine rings is 1. The zero-order valence-electron chi connectivity index (χ0n) is 16.2. The highest BCUT2D eigenvalue weighted by Crippen LogP contribution is 2.14. The Morgan fingerprint density at radius 1 is 1.00 bits per heavy atom. The number of nitrogens with one attached hydrogen (secondary N) is 1. The van der Waals surface area contributed by atoms with Crippen molar-refractivity contribution in [1.82, 2.24) is 19.8 Å². The van der Waals surface area contributed by atoms with E-state index in [-0.39, 0.29) is 11.5 Å². The highest BCUT2D eigenvalue weighted by Gasteiger charge is 2.21. The summed E-state index contributed by atoms with van der Waals surface area (Å²) in [4.78, 5) is 36.3. The van der Waals surface area contributed by atoms with Gasteiger partial charge in [0.15, 0.2) is 0 Å². The fourth-order valence-electron chi connectivity index (χ4n) is 3.53. The van der Waals surface area contributed by atoms with Crippen molar-refractivity contribution < 1.29 is 4.79 Å². The van der Waals surface area contributed by atoms with Gasteiger partial charge in [0.05, 0.1) is 22.4 Å². The maximum atomic E-state index is 12.5. The summed E-state index contributed by atoms with van der Waals surface area (Å²) in [6, 6.07) is 17.7. The molecule has 4 rings (SSSR count). The number of H-pyrrole nitrogens is 1. The van der Waals surface area contributed by atoms with Gasteiger partial charge in [-0.25, -0.2) is 4.98 Å². The summed E-state index contributed by atoms with van der Waals surface area (Å²) in [6.45, 7) is 4.24. The molecule has 0 saturated carbocycles. The van der Waals surface area contributed by atoms with Gasteiger partial charge in [-0.2, -0.15) is 0 Å². The molecule has 0 aliphatic carbocycles. The minimum Gasteiger partial charge on any atom is -0.339 e. The van der Waals surface area contributed by atoms with E-state index in [9.17, 15) is 9.59 Å². The lowest BCUT2D eigenvalue weighted by atomic mass is 10.2. The van der Waals surface area contributed by atoms with Crippen molar-refractivity contribution in [2.75, 3.05) is 31.9 Å². The highest BCUT2D eigenvalue weighted by molar-refractivity contribution is 7.99. The number of aromatic amines is 1. The van der Waals surface area contributed by atoms with Crippen LogP contribution in [0.1, 0.15) is 11.4 Å². The van der Waals surface area contributed by atoms with Crippen molar-refractivity contribution in [3.8, 4) is 0 Å². The third-order valence-corrected chi connectivity index (χ3v) is 6.03. The van der Waals surface area contributed by atoms with Crippen LogP contribution in [0.2, 0.25) is 0 Å². The molecule has 1 fully saturated rings. The molecular weight excluding hydrogens is 384 g/mol. The second kappa shape index (κ2) is 9.24. The molecule has 1 aliphatic rings. The van der Waals surface area contributed by atoms with Crippen LogP contribution in [0.25, 0.3) is 10.9 Å². The Kier molecular flexibility index (Phi) is 6.27. The average Bonchev–Trinajstić information content (AvgIpc) is 2.75. The Balaban J connectivity index is 1.24. The van der Waals surface area contributed by atoms with Gasteiger partial charge in [0.25, 0.3) is 5.56 Å². The average molecular weight is 409 g/mol. The Morgan fingerprint density at radius 3 is 2.52 bits per heavy atom. The second-order valence-corrected chi connectivity index (χ2v) is 8.15.